The molecule has 0 amide bonds. The lowest BCUT2D eigenvalue weighted by Gasteiger charge is -2.08. The summed E-state index contributed by atoms with van der Waals surface area (Å²) in [6, 6.07) is 4.34. The predicted molar refractivity (Wildman–Crippen MR) is 53.5 cm³/mol. The Morgan fingerprint density at radius 1 is 1.54 bits per heavy atom. The van der Waals surface area contributed by atoms with Crippen molar-refractivity contribution in [1.29, 1.82) is 0 Å². The second-order valence-corrected chi connectivity index (χ2v) is 3.28. The van der Waals surface area contributed by atoms with Crippen molar-refractivity contribution in [1.82, 2.24) is 0 Å². The van der Waals surface area contributed by atoms with Gasteiger partial charge in [-0.1, -0.05) is 17.7 Å². The Labute approximate surface area is 81.7 Å². The van der Waals surface area contributed by atoms with Crippen molar-refractivity contribution in [2.24, 2.45) is 5.73 Å². The molecule has 0 bridgehead atoms. The van der Waals surface area contributed by atoms with E-state index in [1.807, 2.05) is 0 Å². The van der Waals surface area contributed by atoms with Crippen LogP contribution in [0.2, 0.25) is 5.02 Å². The van der Waals surface area contributed by atoms with Crippen LogP contribution in [-0.2, 0) is 4.79 Å². The summed E-state index contributed by atoms with van der Waals surface area (Å²) in [4.78, 5) is 10.9. The highest BCUT2D eigenvalue weighted by Gasteiger charge is 2.11. The molecule has 1 aromatic carbocycles. The molecule has 0 aromatic heterocycles. The molecule has 1 rings (SSSR count). The van der Waals surface area contributed by atoms with Gasteiger partial charge in [0.25, 0.3) is 0 Å². The Morgan fingerprint density at radius 2 is 2.15 bits per heavy atom. The van der Waals surface area contributed by atoms with Gasteiger partial charge < -0.3 is 11.5 Å². The monoisotopic (exact) mass is 198 g/mol. The molecule has 1 unspecified atom stereocenters. The summed E-state index contributed by atoms with van der Waals surface area (Å²) in [5.41, 5.74) is 12.3. The van der Waals surface area contributed by atoms with E-state index in [0.717, 1.165) is 0 Å². The molecule has 1 atom stereocenters. The Bertz CT molecular complexity index is 338. The molecule has 0 spiro atoms. The number of nitrogen functional groups attached to an aromatic ring is 1. The van der Waals surface area contributed by atoms with E-state index >= 15 is 0 Å². The third-order valence-corrected chi connectivity index (χ3v) is 2.15. The van der Waals surface area contributed by atoms with Crippen LogP contribution in [0.5, 0.6) is 0 Å². The van der Waals surface area contributed by atoms with Crippen LogP contribution in [0.1, 0.15) is 18.5 Å². The van der Waals surface area contributed by atoms with Gasteiger partial charge in [0.1, 0.15) is 0 Å². The van der Waals surface area contributed by atoms with Crippen LogP contribution in [0.3, 0.4) is 0 Å². The maximum absolute atomic E-state index is 10.9. The fourth-order valence-electron chi connectivity index (χ4n) is 0.972. The smallest absolute Gasteiger partial charge is 0.150 e. The summed E-state index contributed by atoms with van der Waals surface area (Å²) in [6.45, 7) is 1.44. The molecule has 3 nitrogen and oxygen atoms in total. The summed E-state index contributed by atoms with van der Waals surface area (Å²) in [5.74, 6) is -0.0964. The number of nitrogens with two attached hydrogens (primary N) is 2. The number of Topliss-reactive ketones (excluding diaryl/α,β-unsaturated/α-hetero) is 1. The van der Waals surface area contributed by atoms with Gasteiger partial charge >= 0.3 is 0 Å². The van der Waals surface area contributed by atoms with E-state index in [9.17, 15) is 4.79 Å². The van der Waals surface area contributed by atoms with Gasteiger partial charge in [-0.3, -0.25) is 4.79 Å². The van der Waals surface area contributed by atoms with Crippen molar-refractivity contribution in [2.45, 2.75) is 13.0 Å². The van der Waals surface area contributed by atoms with Crippen LogP contribution in [0.25, 0.3) is 0 Å². The number of halogens is 1. The summed E-state index contributed by atoms with van der Waals surface area (Å²) in [5, 5.41) is 0.425. The topological polar surface area (TPSA) is 69.1 Å². The van der Waals surface area contributed by atoms with Gasteiger partial charge in [0.15, 0.2) is 5.78 Å². The van der Waals surface area contributed by atoms with E-state index in [1.165, 1.54) is 6.92 Å². The third-order valence-electron chi connectivity index (χ3n) is 1.82. The number of carbonyl (C=O) groups is 1. The number of anilines is 1. The van der Waals surface area contributed by atoms with Crippen molar-refractivity contribution in [3.05, 3.63) is 28.8 Å². The number of hydrogen-bond donors (Lipinski definition) is 2. The largest absolute Gasteiger partial charge is 0.398 e. The van der Waals surface area contributed by atoms with Gasteiger partial charge in [-0.05, 0) is 24.6 Å². The first-order valence-corrected chi connectivity index (χ1v) is 4.21. The number of carbonyl (C=O) groups excluding carboxylic acids is 1. The lowest BCUT2D eigenvalue weighted by atomic mass is 10.0. The quantitative estimate of drug-likeness (QED) is 0.708. The molecule has 13 heavy (non-hydrogen) atoms. The van der Waals surface area contributed by atoms with Gasteiger partial charge in [0.05, 0.1) is 16.8 Å². The molecule has 0 radical (unpaired) electrons. The summed E-state index contributed by atoms with van der Waals surface area (Å²) < 4.78 is 0. The Hall–Kier alpha value is -1.06. The molecule has 0 aliphatic rings. The second-order valence-electron chi connectivity index (χ2n) is 2.87. The highest BCUT2D eigenvalue weighted by molar-refractivity contribution is 6.33. The minimum Gasteiger partial charge on any atom is -0.398 e. The van der Waals surface area contributed by atoms with E-state index < -0.39 is 6.04 Å². The fraction of sp³-hybridized carbons (Fsp3) is 0.222. The van der Waals surface area contributed by atoms with E-state index in [4.69, 9.17) is 23.1 Å². The van der Waals surface area contributed by atoms with Crippen molar-refractivity contribution < 1.29 is 4.79 Å². The SMILES string of the molecule is CC(=O)C(N)c1ccc(N)c(Cl)c1. The van der Waals surface area contributed by atoms with Gasteiger partial charge in [-0.2, -0.15) is 0 Å². The molecule has 0 saturated carbocycles. The lowest BCUT2D eigenvalue weighted by molar-refractivity contribution is -0.118. The van der Waals surface area contributed by atoms with Crippen molar-refractivity contribution in [3.8, 4) is 0 Å². The van der Waals surface area contributed by atoms with Gasteiger partial charge in [-0.15, -0.1) is 0 Å². The number of hydrogen-bond acceptors (Lipinski definition) is 3. The van der Waals surface area contributed by atoms with Crippen LogP contribution < -0.4 is 11.5 Å². The molecule has 0 aliphatic heterocycles. The maximum atomic E-state index is 10.9. The molecule has 0 heterocycles. The Morgan fingerprint density at radius 3 is 2.62 bits per heavy atom. The predicted octanol–water partition coefficient (Wildman–Crippen LogP) is 1.51. The minimum absolute atomic E-state index is 0.0964. The van der Waals surface area contributed by atoms with Crippen LogP contribution in [-0.4, -0.2) is 5.78 Å². The highest BCUT2D eigenvalue weighted by atomic mass is 35.5. The zero-order valence-electron chi connectivity index (χ0n) is 7.25. The summed E-state index contributed by atoms with van der Waals surface area (Å²) in [6.07, 6.45) is 0. The molecule has 0 fully saturated rings. The van der Waals surface area contributed by atoms with E-state index in [2.05, 4.69) is 0 Å². The average Bonchev–Trinajstić information content (AvgIpc) is 2.08. The van der Waals surface area contributed by atoms with Crippen molar-refractivity contribution in [2.75, 3.05) is 5.73 Å². The standard InChI is InChI=1S/C9H11ClN2O/c1-5(13)9(12)6-2-3-8(11)7(10)4-6/h2-4,9H,11-12H2,1H3. The second kappa shape index (κ2) is 3.77. The van der Waals surface area contributed by atoms with Gasteiger partial charge in [0, 0.05) is 0 Å². The Kier molecular flexibility index (Phi) is 2.90. The Balaban J connectivity index is 3.03. The highest BCUT2D eigenvalue weighted by Crippen LogP contribution is 2.22. The van der Waals surface area contributed by atoms with Crippen molar-refractivity contribution in [3.63, 3.8) is 0 Å². The van der Waals surface area contributed by atoms with Crippen molar-refractivity contribution >= 4 is 23.1 Å². The molecular weight excluding hydrogens is 188 g/mol. The molecule has 70 valence electrons. The van der Waals surface area contributed by atoms with E-state index in [-0.39, 0.29) is 5.78 Å². The van der Waals surface area contributed by atoms with Crippen LogP contribution in [0.4, 0.5) is 5.69 Å². The maximum Gasteiger partial charge on any atom is 0.150 e. The van der Waals surface area contributed by atoms with E-state index in [1.54, 1.807) is 18.2 Å². The molecule has 0 saturated heterocycles. The zero-order chi connectivity index (χ0) is 10.0. The first kappa shape index (κ1) is 10.0. The number of benzene rings is 1. The summed E-state index contributed by atoms with van der Waals surface area (Å²) in [7, 11) is 0. The minimum atomic E-state index is -0.613. The number of rotatable bonds is 2. The molecule has 1 aromatic rings. The first-order chi connectivity index (χ1) is 6.02. The molecular formula is C9H11ClN2O. The van der Waals surface area contributed by atoms with Crippen LogP contribution in [0.15, 0.2) is 18.2 Å². The fourth-order valence-corrected chi connectivity index (χ4v) is 1.16. The van der Waals surface area contributed by atoms with Crippen LogP contribution >= 0.6 is 11.6 Å². The van der Waals surface area contributed by atoms with E-state index in [0.29, 0.717) is 16.3 Å². The average molecular weight is 199 g/mol. The molecule has 0 aliphatic carbocycles. The first-order valence-electron chi connectivity index (χ1n) is 3.83. The lowest BCUT2D eigenvalue weighted by Crippen LogP contribution is -2.18. The normalized spacial score (nSPS) is 12.5. The number of ketones is 1. The summed E-state index contributed by atoms with van der Waals surface area (Å²) >= 11 is 5.77. The zero-order valence-corrected chi connectivity index (χ0v) is 8.01. The van der Waals surface area contributed by atoms with Crippen LogP contribution in [0, 0.1) is 0 Å². The molecule has 4 N–H and O–H groups in total. The van der Waals surface area contributed by atoms with Gasteiger partial charge in [0.2, 0.25) is 0 Å². The third kappa shape index (κ3) is 2.20. The van der Waals surface area contributed by atoms with Gasteiger partial charge in [-0.25, -0.2) is 0 Å². The molecule has 4 heteroatoms.